The van der Waals surface area contributed by atoms with Gasteiger partial charge in [0.25, 0.3) is 5.76 Å². The number of hydrogen-bond acceptors (Lipinski definition) is 8. The molecule has 1 aromatic heterocycles. The maximum atomic E-state index is 12.4. The van der Waals surface area contributed by atoms with Crippen molar-refractivity contribution in [3.63, 3.8) is 0 Å². The van der Waals surface area contributed by atoms with Gasteiger partial charge in [0.2, 0.25) is 5.91 Å². The first kappa shape index (κ1) is 34.9. The fourth-order valence-electron chi connectivity index (χ4n) is 2.89. The summed E-state index contributed by atoms with van der Waals surface area (Å²) < 4.78 is 24.3. The first-order chi connectivity index (χ1) is 12.9. The third-order valence-corrected chi connectivity index (χ3v) is 5.54. The number of fused-ring (bicyclic) bond motifs is 1. The van der Waals surface area contributed by atoms with Crippen LogP contribution in [0.1, 0.15) is 12.8 Å². The van der Waals surface area contributed by atoms with Crippen LogP contribution in [0.15, 0.2) is 16.4 Å². The van der Waals surface area contributed by atoms with Gasteiger partial charge in [-0.15, -0.1) is 17.3 Å². The molecule has 1 unspecified atom stereocenters. The molecule has 0 bridgehead atoms. The number of carbonyl (C=O) groups is 3. The van der Waals surface area contributed by atoms with Crippen LogP contribution in [-0.2, 0) is 134 Å². The Hall–Kier alpha value is 1.72. The predicted molar refractivity (Wildman–Crippen MR) is 91.0 cm³/mol. The van der Waals surface area contributed by atoms with Gasteiger partial charge in [0.15, 0.2) is 0 Å². The SMILES string of the molecule is [CH2-]C(=O)C1=C(CSc2nnn[n-]2)CCC2[C-](NC(=O)CSC(F)F)C(=O)N12.[W].[Y].[Y].[Y]. The van der Waals surface area contributed by atoms with Crippen molar-refractivity contribution in [3.05, 3.63) is 24.2 Å². The number of rotatable bonds is 8. The number of carbonyl (C=O) groups excluding carboxylic acids is 3. The molecule has 1 aromatic rings. The number of tetrazole rings is 1. The summed E-state index contributed by atoms with van der Waals surface area (Å²) in [6.07, 6.45) is 0.999. The van der Waals surface area contributed by atoms with E-state index in [4.69, 9.17) is 0 Å². The van der Waals surface area contributed by atoms with Crippen LogP contribution in [-0.4, -0.2) is 61.3 Å². The number of allylic oxidation sites excluding steroid dienone is 1. The Morgan fingerprint density at radius 2 is 2.03 bits per heavy atom. The summed E-state index contributed by atoms with van der Waals surface area (Å²) in [5.74, 6) is -4.47. The molecule has 17 heteroatoms. The number of hydrogen-bond donors (Lipinski definition) is 1. The molecular weight excluding hydrogens is 853 g/mol. The second-order valence-electron chi connectivity index (χ2n) is 5.59. The molecule has 2 aliphatic rings. The topological polar surface area (TPSA) is 119 Å². The third kappa shape index (κ3) is 9.02. The Balaban J connectivity index is 0. The van der Waals surface area contributed by atoms with E-state index in [2.05, 4.69) is 32.9 Å². The zero-order chi connectivity index (χ0) is 19.6. The third-order valence-electron chi connectivity index (χ3n) is 3.94. The summed E-state index contributed by atoms with van der Waals surface area (Å²) in [5, 5.41) is 16.9. The largest absolute Gasteiger partial charge is 0.476 e. The Morgan fingerprint density at radius 1 is 1.35 bits per heavy atom. The average molecular weight is 866 g/mol. The number of amides is 2. The Labute approximate surface area is 275 Å². The van der Waals surface area contributed by atoms with E-state index >= 15 is 0 Å². The number of thioether (sulfide) groups is 2. The van der Waals surface area contributed by atoms with E-state index in [1.807, 2.05) is 0 Å². The predicted octanol–water partition coefficient (Wildman–Crippen LogP) is 0.177. The van der Waals surface area contributed by atoms with Crippen LogP contribution in [0, 0.1) is 13.0 Å². The Morgan fingerprint density at radius 3 is 2.58 bits per heavy atom. The standard InChI is InChI=1S/C14H14F2N6O3S2.W.3Y/c1-6(23)11-7(4-27-14-18-20-21-19-14)2-3-8-10(12(25)22(8)11)17-9(24)5-26-13(15)16;;;;/h8,13H,1-5H2,(H2,17,18,19,20,21,24);;;;/q-2;;;;/p-1. The van der Waals surface area contributed by atoms with E-state index in [9.17, 15) is 23.2 Å². The van der Waals surface area contributed by atoms with Gasteiger partial charge in [-0.3, -0.25) is 15.1 Å². The quantitative estimate of drug-likeness (QED) is 0.222. The molecule has 1 atom stereocenters. The van der Waals surface area contributed by atoms with Crippen molar-refractivity contribution in [3.8, 4) is 0 Å². The fourth-order valence-corrected chi connectivity index (χ4v) is 4.01. The molecule has 3 rings (SSSR count). The van der Waals surface area contributed by atoms with E-state index in [0.29, 0.717) is 29.3 Å². The summed E-state index contributed by atoms with van der Waals surface area (Å²) in [7, 11) is 0. The Bertz CT molecular complexity index is 793. The van der Waals surface area contributed by atoms with Gasteiger partial charge in [0.1, 0.15) is 0 Å². The number of nitrogens with one attached hydrogen (secondary N) is 1. The summed E-state index contributed by atoms with van der Waals surface area (Å²) in [5.41, 5.74) is 0.907. The fraction of sp³-hybridized carbons (Fsp3) is 0.429. The maximum absolute atomic E-state index is 12.4. The molecule has 1 saturated heterocycles. The minimum Gasteiger partial charge on any atom is -0.476 e. The van der Waals surface area contributed by atoms with Gasteiger partial charge < -0.3 is 24.9 Å². The van der Waals surface area contributed by atoms with Gasteiger partial charge in [-0.1, -0.05) is 29.9 Å². The van der Waals surface area contributed by atoms with Crippen LogP contribution in [0.2, 0.25) is 0 Å². The van der Waals surface area contributed by atoms with Gasteiger partial charge in [-0.2, -0.15) is 27.0 Å². The molecule has 2 aliphatic heterocycles. The number of Topliss-reactive ketones (excluding diaryl/α,β-unsaturated/α-hetero) is 1. The van der Waals surface area contributed by atoms with E-state index in [0.717, 1.165) is 0 Å². The van der Waals surface area contributed by atoms with Gasteiger partial charge in [-0.25, -0.2) is 0 Å². The molecule has 0 saturated carbocycles. The normalized spacial score (nSPS) is 16.7. The van der Waals surface area contributed by atoms with Crippen molar-refractivity contribution >= 4 is 41.1 Å². The number of alkyl halides is 2. The minimum absolute atomic E-state index is 0. The van der Waals surface area contributed by atoms with E-state index in [1.165, 1.54) is 16.7 Å². The zero-order valence-electron chi connectivity index (χ0n) is 15.9. The monoisotopic (exact) mass is 866 g/mol. The molecule has 161 valence electrons. The second-order valence-corrected chi connectivity index (χ2v) is 7.51. The molecule has 0 aromatic carbocycles. The first-order valence-electron chi connectivity index (χ1n) is 7.68. The number of nitrogens with zero attached hydrogens (tertiary/aromatic N) is 5. The number of β-lactam (4-membered cyclic amide) rings is 1. The number of aromatic nitrogens is 4. The molecule has 2 amide bonds. The zero-order valence-corrected chi connectivity index (χ0v) is 28.9. The van der Waals surface area contributed by atoms with Crippen molar-refractivity contribution < 1.29 is 142 Å². The van der Waals surface area contributed by atoms with Crippen molar-refractivity contribution in [2.45, 2.75) is 29.8 Å². The Kier molecular flexibility index (Phi) is 18.5. The van der Waals surface area contributed by atoms with Gasteiger partial charge in [0, 0.05) is 131 Å². The number of halogens is 2. The van der Waals surface area contributed by atoms with Crippen LogP contribution >= 0.6 is 23.5 Å². The summed E-state index contributed by atoms with van der Waals surface area (Å²) >= 11 is 1.41. The van der Waals surface area contributed by atoms with Crippen molar-refractivity contribution in [1.29, 1.82) is 0 Å². The van der Waals surface area contributed by atoms with Gasteiger partial charge in [-0.05, 0) is 6.42 Å². The van der Waals surface area contributed by atoms with Crippen LogP contribution in [0.5, 0.6) is 0 Å². The summed E-state index contributed by atoms with van der Waals surface area (Å²) in [6.45, 7) is 3.41. The molecule has 0 spiro atoms. The van der Waals surface area contributed by atoms with Crippen LogP contribution in [0.4, 0.5) is 8.78 Å². The molecule has 1 N–H and O–H groups in total. The minimum atomic E-state index is -2.67. The second kappa shape index (κ2) is 16.4. The van der Waals surface area contributed by atoms with Crippen LogP contribution in [0.3, 0.4) is 0 Å². The summed E-state index contributed by atoms with van der Waals surface area (Å²) in [6, 6.07) is -0.348. The van der Waals surface area contributed by atoms with Gasteiger partial charge in [0.05, 0.1) is 16.8 Å². The molecule has 1 fully saturated rings. The number of ketones is 1. The molecule has 0 aliphatic carbocycles. The summed E-state index contributed by atoms with van der Waals surface area (Å²) in [4.78, 5) is 37.4. The molecule has 9 nitrogen and oxygen atoms in total. The molecule has 3 radical (unpaired) electrons. The van der Waals surface area contributed by atoms with E-state index in [1.54, 1.807) is 0 Å². The maximum Gasteiger partial charge on any atom is 0.285 e. The van der Waals surface area contributed by atoms with Crippen molar-refractivity contribution in [1.82, 2.24) is 30.8 Å². The van der Waals surface area contributed by atoms with Crippen LogP contribution in [0.25, 0.3) is 0 Å². The van der Waals surface area contributed by atoms with Gasteiger partial charge >= 0.3 is 0 Å². The molecular formula is C14H13F2N6O3S2WY3-3. The van der Waals surface area contributed by atoms with E-state index in [-0.39, 0.29) is 143 Å². The first-order valence-corrected chi connectivity index (χ1v) is 9.71. The molecule has 3 heterocycles. The smallest absolute Gasteiger partial charge is 0.285 e. The average Bonchev–Trinajstić information content (AvgIpc) is 3.15. The van der Waals surface area contributed by atoms with Crippen molar-refractivity contribution in [2.24, 2.45) is 0 Å². The van der Waals surface area contributed by atoms with E-state index < -0.39 is 35.1 Å². The van der Waals surface area contributed by atoms with Crippen molar-refractivity contribution in [2.75, 3.05) is 11.5 Å². The van der Waals surface area contributed by atoms with Crippen LogP contribution < -0.4 is 10.4 Å². The molecule has 31 heavy (non-hydrogen) atoms.